The number of piperazine rings is 1. The highest BCUT2D eigenvalue weighted by molar-refractivity contribution is 5.95. The van der Waals surface area contributed by atoms with E-state index in [4.69, 9.17) is 0 Å². The molecule has 0 radical (unpaired) electrons. The molecule has 1 aliphatic carbocycles. The molecule has 2 aromatic rings. The summed E-state index contributed by atoms with van der Waals surface area (Å²) in [6.07, 6.45) is 0.820. The third-order valence-electron chi connectivity index (χ3n) is 5.89. The Balaban J connectivity index is 1.32. The van der Waals surface area contributed by atoms with Gasteiger partial charge in [0.1, 0.15) is 5.82 Å². The van der Waals surface area contributed by atoms with E-state index in [1.165, 1.54) is 12.1 Å². The van der Waals surface area contributed by atoms with Crippen molar-refractivity contribution in [3.63, 3.8) is 0 Å². The minimum absolute atomic E-state index is 0.0106. The number of rotatable bonds is 4. The molecule has 1 saturated heterocycles. The van der Waals surface area contributed by atoms with Gasteiger partial charge in [-0.2, -0.15) is 0 Å². The topological polar surface area (TPSA) is 43.9 Å². The van der Waals surface area contributed by atoms with Crippen molar-refractivity contribution in [1.82, 2.24) is 9.80 Å². The van der Waals surface area contributed by atoms with E-state index in [0.717, 1.165) is 17.7 Å². The van der Waals surface area contributed by atoms with Crippen molar-refractivity contribution >= 4 is 17.5 Å². The Morgan fingerprint density at radius 2 is 1.62 bits per heavy atom. The van der Waals surface area contributed by atoms with E-state index in [2.05, 4.69) is 0 Å². The molecular formula is C23H26FN3O2. The number of benzene rings is 2. The Hall–Kier alpha value is -2.89. The van der Waals surface area contributed by atoms with Gasteiger partial charge >= 0.3 is 0 Å². The summed E-state index contributed by atoms with van der Waals surface area (Å²) < 4.78 is 13.1. The van der Waals surface area contributed by atoms with Crippen molar-refractivity contribution < 1.29 is 14.0 Å². The van der Waals surface area contributed by atoms with Gasteiger partial charge < -0.3 is 14.7 Å². The van der Waals surface area contributed by atoms with E-state index in [-0.39, 0.29) is 29.5 Å². The summed E-state index contributed by atoms with van der Waals surface area (Å²) in [7, 11) is 3.90. The summed E-state index contributed by atoms with van der Waals surface area (Å²) in [6.45, 7) is 2.21. The third-order valence-corrected chi connectivity index (χ3v) is 5.89. The fraction of sp³-hybridized carbons (Fsp3) is 0.391. The maximum Gasteiger partial charge on any atom is 0.254 e. The molecule has 0 bridgehead atoms. The molecule has 0 aromatic heterocycles. The fourth-order valence-corrected chi connectivity index (χ4v) is 4.01. The predicted octanol–water partition coefficient (Wildman–Crippen LogP) is 2.98. The lowest BCUT2D eigenvalue weighted by Gasteiger charge is -2.35. The monoisotopic (exact) mass is 395 g/mol. The van der Waals surface area contributed by atoms with Crippen LogP contribution in [0.4, 0.5) is 10.1 Å². The van der Waals surface area contributed by atoms with Crippen LogP contribution in [-0.2, 0) is 4.79 Å². The quantitative estimate of drug-likeness (QED) is 0.800. The van der Waals surface area contributed by atoms with Gasteiger partial charge in [0.15, 0.2) is 0 Å². The average Bonchev–Trinajstić information content (AvgIpc) is 3.54. The molecular weight excluding hydrogens is 369 g/mol. The molecule has 152 valence electrons. The zero-order valence-electron chi connectivity index (χ0n) is 16.8. The van der Waals surface area contributed by atoms with Gasteiger partial charge in [-0.05, 0) is 48.2 Å². The molecule has 6 heteroatoms. The van der Waals surface area contributed by atoms with E-state index < -0.39 is 0 Å². The van der Waals surface area contributed by atoms with Gasteiger partial charge in [-0.25, -0.2) is 4.39 Å². The SMILES string of the molecule is CN(C)c1cccc(C(=O)N2CCN(C(=O)[C@H]3C[C@H]3c3ccc(F)cc3)CC2)c1. The van der Waals surface area contributed by atoms with Gasteiger partial charge in [0.25, 0.3) is 5.91 Å². The van der Waals surface area contributed by atoms with E-state index in [1.54, 1.807) is 12.1 Å². The van der Waals surface area contributed by atoms with E-state index >= 15 is 0 Å². The second kappa shape index (κ2) is 7.85. The molecule has 5 nitrogen and oxygen atoms in total. The molecule has 0 spiro atoms. The van der Waals surface area contributed by atoms with Gasteiger partial charge in [0.05, 0.1) is 0 Å². The maximum absolute atomic E-state index is 13.1. The van der Waals surface area contributed by atoms with Crippen LogP contribution in [0.2, 0.25) is 0 Å². The Morgan fingerprint density at radius 1 is 0.966 bits per heavy atom. The maximum atomic E-state index is 13.1. The van der Waals surface area contributed by atoms with Crippen molar-refractivity contribution in [2.45, 2.75) is 12.3 Å². The molecule has 2 aromatic carbocycles. The Morgan fingerprint density at radius 3 is 2.28 bits per heavy atom. The Labute approximate surface area is 170 Å². The predicted molar refractivity (Wildman–Crippen MR) is 111 cm³/mol. The van der Waals surface area contributed by atoms with Crippen molar-refractivity contribution in [2.75, 3.05) is 45.2 Å². The molecule has 2 amide bonds. The van der Waals surface area contributed by atoms with Gasteiger partial charge in [-0.1, -0.05) is 18.2 Å². The normalized spacial score (nSPS) is 21.1. The Bertz CT molecular complexity index is 905. The number of halogens is 1. The highest BCUT2D eigenvalue weighted by atomic mass is 19.1. The first-order valence-electron chi connectivity index (χ1n) is 10.0. The van der Waals surface area contributed by atoms with Gasteiger partial charge in [0.2, 0.25) is 5.91 Å². The van der Waals surface area contributed by atoms with Crippen LogP contribution in [0.15, 0.2) is 48.5 Å². The minimum Gasteiger partial charge on any atom is -0.378 e. The average molecular weight is 395 g/mol. The first-order chi connectivity index (χ1) is 13.9. The zero-order valence-corrected chi connectivity index (χ0v) is 16.8. The summed E-state index contributed by atoms with van der Waals surface area (Å²) in [5.74, 6) is 0.0858. The summed E-state index contributed by atoms with van der Waals surface area (Å²) in [4.78, 5) is 31.3. The smallest absolute Gasteiger partial charge is 0.254 e. The number of hydrogen-bond donors (Lipinski definition) is 0. The lowest BCUT2D eigenvalue weighted by molar-refractivity contribution is -0.134. The zero-order chi connectivity index (χ0) is 20.5. The van der Waals surface area contributed by atoms with Crippen LogP contribution in [0.3, 0.4) is 0 Å². The number of hydrogen-bond acceptors (Lipinski definition) is 3. The lowest BCUT2D eigenvalue weighted by Crippen LogP contribution is -2.51. The summed E-state index contributed by atoms with van der Waals surface area (Å²) >= 11 is 0. The molecule has 1 heterocycles. The second-order valence-corrected chi connectivity index (χ2v) is 8.06. The van der Waals surface area contributed by atoms with Gasteiger partial charge in [0, 0.05) is 57.4 Å². The highest BCUT2D eigenvalue weighted by Gasteiger charge is 2.46. The summed E-state index contributed by atoms with van der Waals surface area (Å²) in [5, 5.41) is 0. The van der Waals surface area contributed by atoms with E-state index in [1.807, 2.05) is 53.1 Å². The molecule has 4 rings (SSSR count). The van der Waals surface area contributed by atoms with E-state index in [0.29, 0.717) is 31.7 Å². The molecule has 2 fully saturated rings. The Kier molecular flexibility index (Phi) is 5.26. The molecule has 1 aliphatic heterocycles. The van der Waals surface area contributed by atoms with Crippen LogP contribution >= 0.6 is 0 Å². The van der Waals surface area contributed by atoms with Gasteiger partial charge in [-0.15, -0.1) is 0 Å². The van der Waals surface area contributed by atoms with Crippen molar-refractivity contribution in [2.24, 2.45) is 5.92 Å². The van der Waals surface area contributed by atoms with Crippen LogP contribution in [0.5, 0.6) is 0 Å². The van der Waals surface area contributed by atoms with E-state index in [9.17, 15) is 14.0 Å². The van der Waals surface area contributed by atoms with Crippen LogP contribution in [-0.4, -0.2) is 61.9 Å². The van der Waals surface area contributed by atoms with Crippen LogP contribution in [0.1, 0.15) is 28.3 Å². The van der Waals surface area contributed by atoms with Crippen LogP contribution in [0, 0.1) is 11.7 Å². The molecule has 0 N–H and O–H groups in total. The van der Waals surface area contributed by atoms with Crippen LogP contribution in [0.25, 0.3) is 0 Å². The molecule has 0 unspecified atom stereocenters. The van der Waals surface area contributed by atoms with Crippen LogP contribution < -0.4 is 4.90 Å². The second-order valence-electron chi connectivity index (χ2n) is 8.06. The summed E-state index contributed by atoms with van der Waals surface area (Å²) in [6, 6.07) is 14.0. The number of carbonyl (C=O) groups is 2. The first-order valence-corrected chi connectivity index (χ1v) is 10.0. The summed E-state index contributed by atoms with van der Waals surface area (Å²) in [5.41, 5.74) is 2.69. The minimum atomic E-state index is -0.255. The molecule has 29 heavy (non-hydrogen) atoms. The largest absolute Gasteiger partial charge is 0.378 e. The molecule has 2 aliphatic rings. The van der Waals surface area contributed by atoms with Crippen molar-refractivity contribution in [3.8, 4) is 0 Å². The number of anilines is 1. The number of amides is 2. The number of carbonyl (C=O) groups excluding carboxylic acids is 2. The van der Waals surface area contributed by atoms with Gasteiger partial charge in [-0.3, -0.25) is 9.59 Å². The highest BCUT2D eigenvalue weighted by Crippen LogP contribution is 2.48. The van der Waals surface area contributed by atoms with Crippen molar-refractivity contribution in [1.29, 1.82) is 0 Å². The first kappa shape index (κ1) is 19.4. The fourth-order valence-electron chi connectivity index (χ4n) is 4.01. The molecule has 2 atom stereocenters. The standard InChI is InChI=1S/C23H26FN3O2/c1-25(2)19-5-3-4-17(14-19)22(28)26-10-12-27(13-11-26)23(29)21-15-20(21)16-6-8-18(24)9-7-16/h3-9,14,20-21H,10-13,15H2,1-2H3/t20-,21-/m0/s1. The lowest BCUT2D eigenvalue weighted by atomic mass is 10.1. The number of nitrogens with zero attached hydrogens (tertiary/aromatic N) is 3. The third kappa shape index (κ3) is 4.11. The molecule has 1 saturated carbocycles. The van der Waals surface area contributed by atoms with Crippen molar-refractivity contribution in [3.05, 3.63) is 65.5 Å².